The first-order valence-corrected chi connectivity index (χ1v) is 6.43. The van der Waals surface area contributed by atoms with Gasteiger partial charge in [0, 0.05) is 12.6 Å². The number of benzene rings is 1. The minimum absolute atomic E-state index is 0.0667. The number of halogens is 1. The van der Waals surface area contributed by atoms with Crippen LogP contribution in [0.1, 0.15) is 43.1 Å². The molecule has 0 saturated carbocycles. The Labute approximate surface area is 114 Å². The van der Waals surface area contributed by atoms with E-state index in [2.05, 4.69) is 25.7 Å². The highest BCUT2D eigenvalue weighted by Gasteiger charge is 2.26. The van der Waals surface area contributed by atoms with Gasteiger partial charge in [0.25, 0.3) is 5.91 Å². The fraction of sp³-hybridized carbons (Fsp3) is 0.500. The van der Waals surface area contributed by atoms with E-state index in [1.165, 1.54) is 0 Å². The second kappa shape index (κ2) is 5.19. The van der Waals surface area contributed by atoms with E-state index < -0.39 is 5.91 Å². The molecule has 1 amide bonds. The van der Waals surface area contributed by atoms with Crippen molar-refractivity contribution < 1.29 is 4.79 Å². The van der Waals surface area contributed by atoms with E-state index >= 15 is 0 Å². The van der Waals surface area contributed by atoms with Crippen molar-refractivity contribution in [2.45, 2.75) is 39.7 Å². The molecule has 0 unspecified atom stereocenters. The van der Waals surface area contributed by atoms with Gasteiger partial charge < -0.3 is 10.6 Å². The van der Waals surface area contributed by atoms with Crippen LogP contribution in [0.4, 0.5) is 5.69 Å². The Hall–Kier alpha value is -1.22. The molecule has 100 valence electrons. The summed E-state index contributed by atoms with van der Waals surface area (Å²) in [5.41, 5.74) is 7.43. The lowest BCUT2D eigenvalue weighted by atomic mass is 9.97. The number of aryl methyl sites for hydroxylation is 1. The molecule has 0 bridgehead atoms. The summed E-state index contributed by atoms with van der Waals surface area (Å²) in [7, 11) is 1.96. The van der Waals surface area contributed by atoms with E-state index in [0.717, 1.165) is 17.7 Å². The van der Waals surface area contributed by atoms with Crippen molar-refractivity contribution in [3.8, 4) is 0 Å². The molecule has 0 spiro atoms. The molecule has 2 N–H and O–H groups in total. The zero-order valence-electron chi connectivity index (χ0n) is 11.7. The number of nitrogens with two attached hydrogens (primary N) is 1. The third-order valence-electron chi connectivity index (χ3n) is 3.69. The summed E-state index contributed by atoms with van der Waals surface area (Å²) in [6.45, 7) is 8.21. The molecule has 0 aliphatic carbocycles. The first kappa shape index (κ1) is 14.8. The Morgan fingerprint density at radius 1 is 1.44 bits per heavy atom. The summed E-state index contributed by atoms with van der Waals surface area (Å²) in [5, 5.41) is 0.443. The van der Waals surface area contributed by atoms with Crippen LogP contribution in [0.25, 0.3) is 0 Å². The maximum atomic E-state index is 11.6. The van der Waals surface area contributed by atoms with Crippen LogP contribution in [0.15, 0.2) is 12.1 Å². The Morgan fingerprint density at radius 3 is 2.44 bits per heavy atom. The number of anilines is 1. The molecular formula is C14H21ClN2O. The summed E-state index contributed by atoms with van der Waals surface area (Å²) >= 11 is 6.20. The molecule has 0 fully saturated rings. The Kier molecular flexibility index (Phi) is 4.28. The molecule has 0 aliphatic rings. The molecule has 1 aromatic rings. The average molecular weight is 269 g/mol. The number of rotatable bonds is 4. The van der Waals surface area contributed by atoms with Gasteiger partial charge in [-0.2, -0.15) is 0 Å². The van der Waals surface area contributed by atoms with Crippen molar-refractivity contribution in [1.29, 1.82) is 0 Å². The van der Waals surface area contributed by atoms with Crippen LogP contribution < -0.4 is 10.6 Å². The minimum Gasteiger partial charge on any atom is -0.369 e. The Balaban J connectivity index is 3.42. The normalized spacial score (nSPS) is 11.4. The van der Waals surface area contributed by atoms with Crippen LogP contribution >= 0.6 is 11.6 Å². The first-order chi connectivity index (χ1) is 8.22. The van der Waals surface area contributed by atoms with E-state index in [1.807, 2.05) is 26.1 Å². The molecule has 4 heteroatoms. The van der Waals surface area contributed by atoms with E-state index in [9.17, 15) is 4.79 Å². The van der Waals surface area contributed by atoms with Gasteiger partial charge in [-0.25, -0.2) is 0 Å². The number of carbonyl (C=O) groups excluding carboxylic acids is 1. The third-order valence-corrected chi connectivity index (χ3v) is 4.18. The molecule has 3 nitrogen and oxygen atoms in total. The van der Waals surface area contributed by atoms with E-state index in [1.54, 1.807) is 0 Å². The van der Waals surface area contributed by atoms with Gasteiger partial charge in [0.15, 0.2) is 0 Å². The molecule has 0 saturated heterocycles. The smallest absolute Gasteiger partial charge is 0.252 e. The van der Waals surface area contributed by atoms with E-state index in [4.69, 9.17) is 17.3 Å². The monoisotopic (exact) mass is 268 g/mol. The maximum Gasteiger partial charge on any atom is 0.252 e. The van der Waals surface area contributed by atoms with Crippen LogP contribution in [0, 0.1) is 6.92 Å². The van der Waals surface area contributed by atoms with Crippen LogP contribution in [-0.4, -0.2) is 18.5 Å². The van der Waals surface area contributed by atoms with Crippen molar-refractivity contribution in [3.63, 3.8) is 0 Å². The largest absolute Gasteiger partial charge is 0.369 e. The molecular weight excluding hydrogens is 248 g/mol. The van der Waals surface area contributed by atoms with Gasteiger partial charge in [0.05, 0.1) is 16.3 Å². The Bertz CT molecular complexity index is 469. The second-order valence-electron chi connectivity index (χ2n) is 5.18. The van der Waals surface area contributed by atoms with Crippen molar-refractivity contribution in [2.75, 3.05) is 11.9 Å². The van der Waals surface area contributed by atoms with Crippen molar-refractivity contribution >= 4 is 23.2 Å². The second-order valence-corrected chi connectivity index (χ2v) is 5.56. The molecule has 0 radical (unpaired) electrons. The van der Waals surface area contributed by atoms with E-state index in [0.29, 0.717) is 10.6 Å². The van der Waals surface area contributed by atoms with Gasteiger partial charge in [0.1, 0.15) is 0 Å². The molecule has 1 aromatic carbocycles. The molecule has 1 rings (SSSR count). The fourth-order valence-corrected chi connectivity index (χ4v) is 2.00. The van der Waals surface area contributed by atoms with Crippen LogP contribution in [0.5, 0.6) is 0 Å². The molecule has 0 aromatic heterocycles. The highest BCUT2D eigenvalue weighted by atomic mass is 35.5. The summed E-state index contributed by atoms with van der Waals surface area (Å²) in [6, 6.07) is 3.81. The summed E-state index contributed by atoms with van der Waals surface area (Å²) in [4.78, 5) is 13.7. The molecule has 0 aliphatic heterocycles. The standard InChI is InChI=1S/C14H21ClN2O/c1-6-14(3,4)17(5)10-8-7-9(2)12(15)11(10)13(16)18/h7-8H,6H2,1-5H3,(H2,16,18). The fourth-order valence-electron chi connectivity index (χ4n) is 1.75. The van der Waals surface area contributed by atoms with E-state index in [-0.39, 0.29) is 5.54 Å². The number of hydrogen-bond donors (Lipinski definition) is 1. The highest BCUT2D eigenvalue weighted by molar-refractivity contribution is 6.35. The number of nitrogens with zero attached hydrogens (tertiary/aromatic N) is 1. The highest BCUT2D eigenvalue weighted by Crippen LogP contribution is 2.33. The van der Waals surface area contributed by atoms with Crippen molar-refractivity contribution in [1.82, 2.24) is 0 Å². The van der Waals surface area contributed by atoms with Gasteiger partial charge >= 0.3 is 0 Å². The quantitative estimate of drug-likeness (QED) is 0.910. The zero-order valence-corrected chi connectivity index (χ0v) is 12.4. The lowest BCUT2D eigenvalue weighted by Gasteiger charge is -2.38. The number of carbonyl (C=O) groups is 1. The predicted octanol–water partition coefficient (Wildman–Crippen LogP) is 3.37. The van der Waals surface area contributed by atoms with Gasteiger partial charge in [-0.3, -0.25) is 4.79 Å². The molecule has 0 atom stereocenters. The van der Waals surface area contributed by atoms with Crippen molar-refractivity contribution in [3.05, 3.63) is 28.3 Å². The topological polar surface area (TPSA) is 46.3 Å². The number of primary amides is 1. The summed E-state index contributed by atoms with van der Waals surface area (Å²) < 4.78 is 0. The SMILES string of the molecule is CCC(C)(C)N(C)c1ccc(C)c(Cl)c1C(N)=O. The maximum absolute atomic E-state index is 11.6. The summed E-state index contributed by atoms with van der Waals surface area (Å²) in [6.07, 6.45) is 0.952. The van der Waals surface area contributed by atoms with Gasteiger partial charge in [-0.05, 0) is 38.8 Å². The summed E-state index contributed by atoms with van der Waals surface area (Å²) in [5.74, 6) is -0.488. The number of amides is 1. The minimum atomic E-state index is -0.488. The molecule has 0 heterocycles. The van der Waals surface area contributed by atoms with Crippen molar-refractivity contribution in [2.24, 2.45) is 5.73 Å². The van der Waals surface area contributed by atoms with Crippen LogP contribution in [0.2, 0.25) is 5.02 Å². The van der Waals surface area contributed by atoms with Gasteiger partial charge in [-0.1, -0.05) is 24.6 Å². The predicted molar refractivity (Wildman–Crippen MR) is 77.5 cm³/mol. The lowest BCUT2D eigenvalue weighted by Crippen LogP contribution is -2.41. The number of hydrogen-bond acceptors (Lipinski definition) is 2. The van der Waals surface area contributed by atoms with Gasteiger partial charge in [-0.15, -0.1) is 0 Å². The van der Waals surface area contributed by atoms with Crippen LogP contribution in [0.3, 0.4) is 0 Å². The third kappa shape index (κ3) is 2.61. The Morgan fingerprint density at radius 2 is 2.00 bits per heavy atom. The zero-order chi connectivity index (χ0) is 14.1. The lowest BCUT2D eigenvalue weighted by molar-refractivity contribution is 0.100. The average Bonchev–Trinajstić information content (AvgIpc) is 2.30. The molecule has 18 heavy (non-hydrogen) atoms. The first-order valence-electron chi connectivity index (χ1n) is 6.05. The van der Waals surface area contributed by atoms with Gasteiger partial charge in [0.2, 0.25) is 0 Å². The van der Waals surface area contributed by atoms with Crippen LogP contribution in [-0.2, 0) is 0 Å².